The minimum absolute atomic E-state index is 0.224. The van der Waals surface area contributed by atoms with E-state index in [1.54, 1.807) is 54.7 Å². The van der Waals surface area contributed by atoms with Gasteiger partial charge in [-0.3, -0.25) is 4.79 Å². The molecule has 3 rings (SSSR count). The van der Waals surface area contributed by atoms with E-state index in [1.165, 1.54) is 6.08 Å². The van der Waals surface area contributed by atoms with Crippen LogP contribution in [0.4, 0.5) is 5.69 Å². The van der Waals surface area contributed by atoms with Crippen molar-refractivity contribution >= 4 is 52.5 Å². The van der Waals surface area contributed by atoms with Crippen LogP contribution in [0, 0.1) is 0 Å². The highest BCUT2D eigenvalue weighted by Gasteiger charge is 2.09. The molecule has 0 fully saturated rings. The van der Waals surface area contributed by atoms with Gasteiger partial charge in [-0.15, -0.1) is 0 Å². The van der Waals surface area contributed by atoms with Gasteiger partial charge < -0.3 is 9.73 Å². The average molecular weight is 394 g/mol. The zero-order valence-corrected chi connectivity index (χ0v) is 14.9. The molecular weight excluding hydrogens is 383 g/mol. The molecule has 2 aromatic heterocycles. The quantitative estimate of drug-likeness (QED) is 0.440. The van der Waals surface area contributed by atoms with Crippen LogP contribution < -0.4 is 5.32 Å². The summed E-state index contributed by atoms with van der Waals surface area (Å²) < 4.78 is 5.68. The number of carbonyl (C=O) groups is 1. The van der Waals surface area contributed by atoms with Crippen LogP contribution in [0.25, 0.3) is 17.4 Å². The van der Waals surface area contributed by atoms with Gasteiger partial charge in [0.05, 0.1) is 10.7 Å². The summed E-state index contributed by atoms with van der Waals surface area (Å²) in [7, 11) is 0. The van der Waals surface area contributed by atoms with Crippen LogP contribution in [-0.4, -0.2) is 10.9 Å². The Morgan fingerprint density at radius 2 is 1.96 bits per heavy atom. The number of rotatable bonds is 4. The molecule has 0 aliphatic carbocycles. The average Bonchev–Trinajstić information content (AvgIpc) is 3.04. The molecule has 0 saturated carbocycles. The Kier molecular flexibility index (Phi) is 5.43. The maximum Gasteiger partial charge on any atom is 0.248 e. The van der Waals surface area contributed by atoms with Crippen LogP contribution in [0.5, 0.6) is 0 Å². The number of amides is 1. The molecule has 0 spiro atoms. The summed E-state index contributed by atoms with van der Waals surface area (Å²) in [6.07, 6.45) is 4.43. The third kappa shape index (κ3) is 4.42. The van der Waals surface area contributed by atoms with E-state index in [0.29, 0.717) is 27.3 Å². The molecule has 2 heterocycles. The normalized spacial score (nSPS) is 11.0. The van der Waals surface area contributed by atoms with E-state index in [1.807, 2.05) is 0 Å². The first-order chi connectivity index (χ1) is 12.0. The van der Waals surface area contributed by atoms with Gasteiger partial charge >= 0.3 is 0 Å². The van der Waals surface area contributed by atoms with Crippen LogP contribution >= 0.6 is 34.8 Å². The number of aromatic nitrogens is 1. The summed E-state index contributed by atoms with van der Waals surface area (Å²) >= 11 is 17.9. The number of hydrogen-bond donors (Lipinski definition) is 1. The fourth-order valence-electron chi connectivity index (χ4n) is 2.09. The molecule has 1 amide bonds. The third-order valence-corrected chi connectivity index (χ3v) is 4.09. The Bertz CT molecular complexity index is 951. The van der Waals surface area contributed by atoms with E-state index in [-0.39, 0.29) is 11.1 Å². The Morgan fingerprint density at radius 1 is 1.12 bits per heavy atom. The number of nitrogens with zero attached hydrogens (tertiary/aromatic N) is 1. The molecule has 7 heteroatoms. The lowest BCUT2D eigenvalue weighted by atomic mass is 10.2. The summed E-state index contributed by atoms with van der Waals surface area (Å²) in [6, 6.07) is 12.0. The molecule has 25 heavy (non-hydrogen) atoms. The zero-order chi connectivity index (χ0) is 17.8. The van der Waals surface area contributed by atoms with Gasteiger partial charge in [0.15, 0.2) is 5.15 Å². The lowest BCUT2D eigenvalue weighted by Gasteiger charge is -2.02. The second kappa shape index (κ2) is 7.74. The largest absolute Gasteiger partial charge is 0.457 e. The van der Waals surface area contributed by atoms with Crippen LogP contribution in [0.15, 0.2) is 59.2 Å². The first-order valence-electron chi connectivity index (χ1n) is 7.18. The van der Waals surface area contributed by atoms with E-state index >= 15 is 0 Å². The van der Waals surface area contributed by atoms with Crippen LogP contribution in [0.1, 0.15) is 5.76 Å². The van der Waals surface area contributed by atoms with Gasteiger partial charge in [0.1, 0.15) is 11.5 Å². The van der Waals surface area contributed by atoms with Crippen molar-refractivity contribution in [3.05, 3.63) is 75.7 Å². The summed E-state index contributed by atoms with van der Waals surface area (Å²) in [5.74, 6) is 0.739. The SMILES string of the molecule is O=C(/C=C/c1ccc(-c2ccc(Cl)cc2Cl)o1)Nc1cccnc1Cl. The molecule has 4 nitrogen and oxygen atoms in total. The third-order valence-electron chi connectivity index (χ3n) is 3.24. The van der Waals surface area contributed by atoms with Crippen molar-refractivity contribution in [2.45, 2.75) is 0 Å². The van der Waals surface area contributed by atoms with Crippen LogP contribution in [-0.2, 0) is 4.79 Å². The first kappa shape index (κ1) is 17.5. The van der Waals surface area contributed by atoms with Gasteiger partial charge in [0.25, 0.3) is 0 Å². The van der Waals surface area contributed by atoms with Gasteiger partial charge in [0.2, 0.25) is 5.91 Å². The van der Waals surface area contributed by atoms with Gasteiger partial charge in [-0.2, -0.15) is 0 Å². The van der Waals surface area contributed by atoms with Gasteiger partial charge in [-0.1, -0.05) is 34.8 Å². The predicted octanol–water partition coefficient (Wildman–Crippen LogP) is 5.95. The van der Waals surface area contributed by atoms with Gasteiger partial charge in [-0.05, 0) is 48.5 Å². The van der Waals surface area contributed by atoms with E-state index in [9.17, 15) is 4.79 Å². The molecule has 0 aliphatic heterocycles. The molecule has 0 radical (unpaired) electrons. The summed E-state index contributed by atoms with van der Waals surface area (Å²) in [5.41, 5.74) is 1.16. The number of hydrogen-bond acceptors (Lipinski definition) is 3. The minimum Gasteiger partial charge on any atom is -0.457 e. The predicted molar refractivity (Wildman–Crippen MR) is 101 cm³/mol. The monoisotopic (exact) mass is 392 g/mol. The Hall–Kier alpha value is -2.27. The molecule has 0 unspecified atom stereocenters. The molecule has 0 atom stereocenters. The highest BCUT2D eigenvalue weighted by molar-refractivity contribution is 6.36. The number of carbonyl (C=O) groups excluding carboxylic acids is 1. The van der Waals surface area contributed by atoms with E-state index in [4.69, 9.17) is 39.2 Å². The summed E-state index contributed by atoms with van der Waals surface area (Å²) in [6.45, 7) is 0. The molecular formula is C18H11Cl3N2O2. The van der Waals surface area contributed by atoms with E-state index in [2.05, 4.69) is 10.3 Å². The number of benzene rings is 1. The Balaban J connectivity index is 1.71. The fraction of sp³-hybridized carbons (Fsp3) is 0. The maximum atomic E-state index is 11.9. The first-order valence-corrected chi connectivity index (χ1v) is 8.31. The molecule has 126 valence electrons. The number of pyridine rings is 1. The van der Waals surface area contributed by atoms with Crippen molar-refractivity contribution in [2.75, 3.05) is 5.32 Å². The van der Waals surface area contributed by atoms with E-state index in [0.717, 1.165) is 5.56 Å². The molecule has 3 aromatic rings. The minimum atomic E-state index is -0.350. The van der Waals surface area contributed by atoms with Crippen molar-refractivity contribution in [3.8, 4) is 11.3 Å². The molecule has 0 saturated heterocycles. The smallest absolute Gasteiger partial charge is 0.248 e. The van der Waals surface area contributed by atoms with E-state index < -0.39 is 0 Å². The van der Waals surface area contributed by atoms with Crippen molar-refractivity contribution in [1.82, 2.24) is 4.98 Å². The number of nitrogens with one attached hydrogen (secondary N) is 1. The Labute approximate surface area is 159 Å². The second-order valence-corrected chi connectivity index (χ2v) is 6.19. The summed E-state index contributed by atoms with van der Waals surface area (Å²) in [5, 5.41) is 3.90. The number of anilines is 1. The zero-order valence-electron chi connectivity index (χ0n) is 12.7. The van der Waals surface area contributed by atoms with Gasteiger partial charge in [-0.25, -0.2) is 4.98 Å². The lowest BCUT2D eigenvalue weighted by Crippen LogP contribution is -2.08. The van der Waals surface area contributed by atoms with Gasteiger partial charge in [0, 0.05) is 22.9 Å². The summed E-state index contributed by atoms with van der Waals surface area (Å²) in [4.78, 5) is 15.8. The maximum absolute atomic E-state index is 11.9. The van der Waals surface area contributed by atoms with Crippen molar-refractivity contribution < 1.29 is 9.21 Å². The topological polar surface area (TPSA) is 55.1 Å². The second-order valence-electron chi connectivity index (χ2n) is 4.99. The molecule has 1 aromatic carbocycles. The van der Waals surface area contributed by atoms with Crippen LogP contribution in [0.2, 0.25) is 15.2 Å². The Morgan fingerprint density at radius 3 is 2.72 bits per heavy atom. The highest BCUT2D eigenvalue weighted by atomic mass is 35.5. The van der Waals surface area contributed by atoms with Crippen molar-refractivity contribution in [2.24, 2.45) is 0 Å². The molecule has 0 bridgehead atoms. The molecule has 0 aliphatic rings. The molecule has 1 N–H and O–H groups in total. The number of halogens is 3. The lowest BCUT2D eigenvalue weighted by molar-refractivity contribution is -0.111. The van der Waals surface area contributed by atoms with Crippen molar-refractivity contribution in [3.63, 3.8) is 0 Å². The van der Waals surface area contributed by atoms with Crippen molar-refractivity contribution in [1.29, 1.82) is 0 Å². The standard InChI is InChI=1S/C18H11Cl3N2O2/c19-11-3-6-13(14(20)10-11)16-7-4-12(25-16)5-8-17(24)23-15-2-1-9-22-18(15)21/h1-10H,(H,23,24)/b8-5+. The number of furan rings is 1. The highest BCUT2D eigenvalue weighted by Crippen LogP contribution is 2.31. The van der Waals surface area contributed by atoms with Crippen LogP contribution in [0.3, 0.4) is 0 Å². The fourth-order valence-corrected chi connectivity index (χ4v) is 2.76.